The molecule has 2 heterocycles. The number of nitrogens with zero attached hydrogens (tertiary/aromatic N) is 1. The van der Waals surface area contributed by atoms with Gasteiger partial charge in [0, 0.05) is 11.4 Å². The van der Waals surface area contributed by atoms with Crippen molar-refractivity contribution in [3.05, 3.63) is 21.9 Å². The maximum atomic E-state index is 11.3. The van der Waals surface area contributed by atoms with Crippen molar-refractivity contribution >= 4 is 17.1 Å². The van der Waals surface area contributed by atoms with Crippen LogP contribution in [-0.4, -0.2) is 23.8 Å². The van der Waals surface area contributed by atoms with Crippen LogP contribution >= 0.6 is 11.3 Å². The molecule has 0 bridgehead atoms. The van der Waals surface area contributed by atoms with E-state index >= 15 is 0 Å². The van der Waals surface area contributed by atoms with Crippen LogP contribution in [0.1, 0.15) is 17.4 Å². The molecule has 0 fully saturated rings. The Morgan fingerprint density at radius 3 is 3.15 bits per heavy atom. The lowest BCUT2D eigenvalue weighted by atomic mass is 9.98. The van der Waals surface area contributed by atoms with Gasteiger partial charge >= 0.3 is 0 Å². The average molecular weight is 195 g/mol. The molecule has 0 aliphatic carbocycles. The molecule has 0 saturated heterocycles. The maximum absolute atomic E-state index is 11.3. The summed E-state index contributed by atoms with van der Waals surface area (Å²) in [5, 5.41) is 2.11. The van der Waals surface area contributed by atoms with Crippen LogP contribution in [0.3, 0.4) is 0 Å². The molecule has 1 aliphatic rings. The van der Waals surface area contributed by atoms with Gasteiger partial charge in [0.25, 0.3) is 0 Å². The molecular formula is C10H13NOS. The number of rotatable bonds is 1. The maximum Gasteiger partial charge on any atom is 0.147 e. The van der Waals surface area contributed by atoms with Crippen molar-refractivity contribution in [2.45, 2.75) is 25.9 Å². The average Bonchev–Trinajstić information content (AvgIpc) is 2.48. The topological polar surface area (TPSA) is 20.3 Å². The monoisotopic (exact) mass is 195 g/mol. The third-order valence-corrected chi connectivity index (χ3v) is 3.59. The first-order valence-corrected chi connectivity index (χ1v) is 5.32. The van der Waals surface area contributed by atoms with Gasteiger partial charge in [0.05, 0.1) is 6.04 Å². The first-order valence-electron chi connectivity index (χ1n) is 4.44. The Bertz CT molecular complexity index is 331. The number of carbonyl (C=O) groups is 1. The minimum absolute atomic E-state index is 0.0992. The molecule has 13 heavy (non-hydrogen) atoms. The number of Topliss-reactive ketones (excluding diaryl/α,β-unsaturated/α-hetero) is 1. The van der Waals surface area contributed by atoms with Gasteiger partial charge < -0.3 is 0 Å². The predicted octanol–water partition coefficient (Wildman–Crippen LogP) is 1.69. The standard InChI is InChI=1S/C10H13NOS/c1-7(12)9-5-8-3-4-13-10(8)6-11(9)2/h3-4,9H,5-6H2,1-2H3. The third-order valence-electron chi connectivity index (χ3n) is 2.65. The summed E-state index contributed by atoms with van der Waals surface area (Å²) < 4.78 is 0. The number of hydrogen-bond acceptors (Lipinski definition) is 3. The lowest BCUT2D eigenvalue weighted by Crippen LogP contribution is -2.41. The van der Waals surface area contributed by atoms with E-state index in [2.05, 4.69) is 16.3 Å². The molecule has 0 amide bonds. The van der Waals surface area contributed by atoms with Crippen molar-refractivity contribution in [3.8, 4) is 0 Å². The van der Waals surface area contributed by atoms with Crippen LogP contribution in [-0.2, 0) is 17.8 Å². The zero-order valence-corrected chi connectivity index (χ0v) is 8.73. The first kappa shape index (κ1) is 8.91. The van der Waals surface area contributed by atoms with Gasteiger partial charge in [0.15, 0.2) is 0 Å². The summed E-state index contributed by atoms with van der Waals surface area (Å²) in [6.45, 7) is 2.61. The molecule has 1 aromatic rings. The van der Waals surface area contributed by atoms with E-state index in [1.54, 1.807) is 18.3 Å². The summed E-state index contributed by atoms with van der Waals surface area (Å²) in [5.41, 5.74) is 1.36. The van der Waals surface area contributed by atoms with Gasteiger partial charge in [-0.05, 0) is 37.4 Å². The van der Waals surface area contributed by atoms with Crippen molar-refractivity contribution in [1.82, 2.24) is 4.90 Å². The van der Waals surface area contributed by atoms with Gasteiger partial charge in [-0.3, -0.25) is 9.69 Å². The molecule has 0 radical (unpaired) electrons. The van der Waals surface area contributed by atoms with Crippen LogP contribution in [0.2, 0.25) is 0 Å². The van der Waals surface area contributed by atoms with E-state index in [1.807, 2.05) is 7.05 Å². The second-order valence-corrected chi connectivity index (χ2v) is 4.62. The Balaban J connectivity index is 2.27. The van der Waals surface area contributed by atoms with E-state index in [4.69, 9.17) is 0 Å². The van der Waals surface area contributed by atoms with Gasteiger partial charge in [-0.2, -0.15) is 0 Å². The summed E-state index contributed by atoms with van der Waals surface area (Å²) >= 11 is 1.79. The largest absolute Gasteiger partial charge is 0.298 e. The molecule has 1 unspecified atom stereocenters. The lowest BCUT2D eigenvalue weighted by Gasteiger charge is -2.30. The van der Waals surface area contributed by atoms with Crippen molar-refractivity contribution in [3.63, 3.8) is 0 Å². The van der Waals surface area contributed by atoms with Gasteiger partial charge in [-0.15, -0.1) is 11.3 Å². The fraction of sp³-hybridized carbons (Fsp3) is 0.500. The highest BCUT2D eigenvalue weighted by atomic mass is 32.1. The molecular weight excluding hydrogens is 182 g/mol. The van der Waals surface area contributed by atoms with Crippen molar-refractivity contribution in [1.29, 1.82) is 0 Å². The van der Waals surface area contributed by atoms with Gasteiger partial charge in [0.2, 0.25) is 0 Å². The summed E-state index contributed by atoms with van der Waals surface area (Å²) in [5.74, 6) is 0.277. The number of likely N-dealkylation sites (N-methyl/N-ethyl adjacent to an activating group) is 1. The minimum Gasteiger partial charge on any atom is -0.298 e. The Kier molecular flexibility index (Phi) is 2.22. The second-order valence-electron chi connectivity index (χ2n) is 3.61. The number of carbonyl (C=O) groups excluding carboxylic acids is 1. The fourth-order valence-electron chi connectivity index (χ4n) is 1.84. The van der Waals surface area contributed by atoms with Crippen LogP contribution in [0.4, 0.5) is 0 Å². The molecule has 0 spiro atoms. The summed E-state index contributed by atoms with van der Waals surface area (Å²) in [6.07, 6.45) is 0.894. The molecule has 0 saturated carbocycles. The normalized spacial score (nSPS) is 22.8. The highest BCUT2D eigenvalue weighted by Crippen LogP contribution is 2.26. The van der Waals surface area contributed by atoms with E-state index in [0.29, 0.717) is 0 Å². The van der Waals surface area contributed by atoms with Crippen LogP contribution in [0.15, 0.2) is 11.4 Å². The van der Waals surface area contributed by atoms with E-state index in [0.717, 1.165) is 13.0 Å². The van der Waals surface area contributed by atoms with E-state index in [9.17, 15) is 4.79 Å². The molecule has 1 aromatic heterocycles. The SMILES string of the molecule is CC(=O)C1Cc2ccsc2CN1C. The summed E-state index contributed by atoms with van der Waals surface area (Å²) in [7, 11) is 2.02. The van der Waals surface area contributed by atoms with Crippen molar-refractivity contribution < 1.29 is 4.79 Å². The predicted molar refractivity (Wildman–Crippen MR) is 54.0 cm³/mol. The molecule has 2 nitrogen and oxygen atoms in total. The van der Waals surface area contributed by atoms with Crippen LogP contribution in [0.5, 0.6) is 0 Å². The summed E-state index contributed by atoms with van der Waals surface area (Å²) in [4.78, 5) is 14.9. The Morgan fingerprint density at radius 2 is 2.46 bits per heavy atom. The van der Waals surface area contributed by atoms with Crippen molar-refractivity contribution in [2.24, 2.45) is 0 Å². The molecule has 3 heteroatoms. The molecule has 70 valence electrons. The minimum atomic E-state index is 0.0992. The molecule has 0 N–H and O–H groups in total. The molecule has 2 rings (SSSR count). The molecule has 0 aromatic carbocycles. The fourth-order valence-corrected chi connectivity index (χ4v) is 2.82. The Morgan fingerprint density at radius 1 is 1.69 bits per heavy atom. The molecule has 1 atom stereocenters. The van der Waals surface area contributed by atoms with Gasteiger partial charge in [-0.1, -0.05) is 0 Å². The van der Waals surface area contributed by atoms with Gasteiger partial charge in [-0.25, -0.2) is 0 Å². The third kappa shape index (κ3) is 1.54. The smallest absolute Gasteiger partial charge is 0.147 e. The van der Waals surface area contributed by atoms with Crippen molar-refractivity contribution in [2.75, 3.05) is 7.05 Å². The van der Waals surface area contributed by atoms with Crippen LogP contribution in [0, 0.1) is 0 Å². The van der Waals surface area contributed by atoms with Crippen LogP contribution < -0.4 is 0 Å². The van der Waals surface area contributed by atoms with Crippen LogP contribution in [0.25, 0.3) is 0 Å². The lowest BCUT2D eigenvalue weighted by molar-refractivity contribution is -0.122. The van der Waals surface area contributed by atoms with E-state index < -0.39 is 0 Å². The second kappa shape index (κ2) is 3.24. The quantitative estimate of drug-likeness (QED) is 0.679. The zero-order valence-electron chi connectivity index (χ0n) is 7.91. The highest BCUT2D eigenvalue weighted by Gasteiger charge is 2.26. The zero-order chi connectivity index (χ0) is 9.42. The number of fused-ring (bicyclic) bond motifs is 1. The first-order chi connectivity index (χ1) is 6.18. The highest BCUT2D eigenvalue weighted by molar-refractivity contribution is 7.10. The number of hydrogen-bond donors (Lipinski definition) is 0. The summed E-state index contributed by atoms with van der Waals surface area (Å²) in [6, 6.07) is 2.24. The number of ketones is 1. The molecule has 1 aliphatic heterocycles. The van der Waals surface area contributed by atoms with E-state index in [1.165, 1.54) is 10.4 Å². The Labute approximate surface area is 82.2 Å². The Hall–Kier alpha value is -0.670. The van der Waals surface area contributed by atoms with E-state index in [-0.39, 0.29) is 11.8 Å². The van der Waals surface area contributed by atoms with Gasteiger partial charge in [0.1, 0.15) is 5.78 Å². The number of thiophene rings is 1.